The average Bonchev–Trinajstić information content (AvgIpc) is 3.25. The van der Waals surface area contributed by atoms with Crippen LogP contribution in [0.15, 0.2) is 47.4 Å². The number of anilines is 2. The Bertz CT molecular complexity index is 1020. The summed E-state index contributed by atoms with van der Waals surface area (Å²) in [6.45, 7) is 5.14. The number of nitrogens with zero attached hydrogens (tertiary/aromatic N) is 2. The second kappa shape index (κ2) is 7.13. The molecule has 2 aliphatic rings. The molecule has 0 spiro atoms. The number of sulfonamides is 1. The van der Waals surface area contributed by atoms with Crippen molar-refractivity contribution in [3.8, 4) is 0 Å². The average molecular weight is 400 g/mol. The van der Waals surface area contributed by atoms with E-state index in [-0.39, 0.29) is 17.0 Å². The number of para-hydroxylation sites is 1. The maximum atomic E-state index is 13.4. The zero-order valence-corrected chi connectivity index (χ0v) is 17.0. The maximum absolute atomic E-state index is 13.4. The van der Waals surface area contributed by atoms with Gasteiger partial charge in [0, 0.05) is 24.8 Å². The van der Waals surface area contributed by atoms with Crippen LogP contribution in [-0.2, 0) is 22.9 Å². The maximum Gasteiger partial charge on any atom is 0.321 e. The Balaban J connectivity index is 1.65. The van der Waals surface area contributed by atoms with Crippen LogP contribution >= 0.6 is 0 Å². The van der Waals surface area contributed by atoms with E-state index in [1.165, 1.54) is 4.31 Å². The third kappa shape index (κ3) is 3.03. The van der Waals surface area contributed by atoms with Crippen molar-refractivity contribution in [2.45, 2.75) is 44.0 Å². The van der Waals surface area contributed by atoms with Crippen LogP contribution in [0.5, 0.6) is 0 Å². The first-order chi connectivity index (χ1) is 13.4. The number of nitrogens with one attached hydrogen (secondary N) is 1. The van der Waals surface area contributed by atoms with Crippen molar-refractivity contribution < 1.29 is 13.2 Å². The number of hydrogen-bond donors (Lipinski definition) is 1. The summed E-state index contributed by atoms with van der Waals surface area (Å²) in [5.74, 6) is 0. The molecule has 0 radical (unpaired) electrons. The van der Waals surface area contributed by atoms with Gasteiger partial charge < -0.3 is 5.32 Å². The Morgan fingerprint density at radius 1 is 1.14 bits per heavy atom. The Morgan fingerprint density at radius 2 is 1.93 bits per heavy atom. The zero-order valence-electron chi connectivity index (χ0n) is 16.2. The molecule has 0 saturated carbocycles. The van der Waals surface area contributed by atoms with Crippen LogP contribution in [0.2, 0.25) is 0 Å². The fraction of sp³-hybridized carbons (Fsp3) is 0.381. The first-order valence-electron chi connectivity index (χ1n) is 9.74. The molecule has 0 fully saturated rings. The summed E-state index contributed by atoms with van der Waals surface area (Å²) in [4.78, 5) is 14.3. The third-order valence-electron chi connectivity index (χ3n) is 5.42. The molecule has 28 heavy (non-hydrogen) atoms. The van der Waals surface area contributed by atoms with Crippen LogP contribution in [0.3, 0.4) is 0 Å². The van der Waals surface area contributed by atoms with Crippen molar-refractivity contribution in [2.24, 2.45) is 0 Å². The lowest BCUT2D eigenvalue weighted by Crippen LogP contribution is -2.39. The summed E-state index contributed by atoms with van der Waals surface area (Å²) in [5.41, 5.74) is 3.50. The van der Waals surface area contributed by atoms with Crippen molar-refractivity contribution in [3.63, 3.8) is 0 Å². The van der Waals surface area contributed by atoms with Crippen LogP contribution in [0.25, 0.3) is 0 Å². The molecule has 4 rings (SSSR count). The van der Waals surface area contributed by atoms with Crippen LogP contribution < -0.4 is 14.5 Å². The van der Waals surface area contributed by atoms with Gasteiger partial charge in [-0.15, -0.1) is 0 Å². The van der Waals surface area contributed by atoms with Gasteiger partial charge in [-0.3, -0.25) is 9.21 Å². The van der Waals surface area contributed by atoms with Gasteiger partial charge in [0.25, 0.3) is 10.0 Å². The summed E-state index contributed by atoms with van der Waals surface area (Å²) >= 11 is 0. The second-order valence-corrected chi connectivity index (χ2v) is 9.22. The van der Waals surface area contributed by atoms with Crippen LogP contribution in [-0.4, -0.2) is 33.6 Å². The van der Waals surface area contributed by atoms with Gasteiger partial charge in [-0.05, 0) is 61.6 Å². The standard InChI is InChI=1S/C21H25N3O3S/c1-3-11-22-21(25)23-12-10-17-14-18(8-9-19(17)23)28(26,27)24-15(2)13-16-6-4-5-7-20(16)24/h4-9,14-15H,3,10-13H2,1-2H3,(H,22,25)/t15-/m1/s1. The number of carbonyl (C=O) groups excluding carboxylic acids is 1. The summed E-state index contributed by atoms with van der Waals surface area (Å²) in [6.07, 6.45) is 2.25. The first-order valence-corrected chi connectivity index (χ1v) is 11.2. The van der Waals surface area contributed by atoms with Crippen molar-refractivity contribution in [1.82, 2.24) is 5.32 Å². The SMILES string of the molecule is CCCNC(=O)N1CCc2cc(S(=O)(=O)N3c4ccccc4C[C@H]3C)ccc21. The highest BCUT2D eigenvalue weighted by Gasteiger charge is 2.36. The molecule has 1 N–H and O–H groups in total. The van der Waals surface area contributed by atoms with Gasteiger partial charge in [-0.25, -0.2) is 13.2 Å². The molecule has 0 bridgehead atoms. The van der Waals surface area contributed by atoms with E-state index in [0.29, 0.717) is 25.9 Å². The lowest BCUT2D eigenvalue weighted by atomic mass is 10.1. The summed E-state index contributed by atoms with van der Waals surface area (Å²) in [6, 6.07) is 12.5. The number of rotatable bonds is 4. The van der Waals surface area contributed by atoms with Gasteiger partial charge in [0.2, 0.25) is 0 Å². The van der Waals surface area contributed by atoms with Crippen molar-refractivity contribution in [3.05, 3.63) is 53.6 Å². The fourth-order valence-corrected chi connectivity index (χ4v) is 5.84. The molecule has 2 aliphatic heterocycles. The molecule has 0 saturated heterocycles. The Hall–Kier alpha value is -2.54. The molecular weight excluding hydrogens is 374 g/mol. The van der Waals surface area contributed by atoms with Crippen molar-refractivity contribution in [2.75, 3.05) is 22.3 Å². The highest BCUT2D eigenvalue weighted by Crippen LogP contribution is 2.38. The minimum atomic E-state index is -3.66. The van der Waals surface area contributed by atoms with Crippen LogP contribution in [0, 0.1) is 0 Å². The van der Waals surface area contributed by atoms with E-state index in [4.69, 9.17) is 0 Å². The molecule has 2 amide bonds. The summed E-state index contributed by atoms with van der Waals surface area (Å²) in [7, 11) is -3.66. The molecular formula is C21H25N3O3S. The van der Waals surface area contributed by atoms with Gasteiger partial charge in [0.15, 0.2) is 0 Å². The molecule has 0 aromatic heterocycles. The van der Waals surface area contributed by atoms with E-state index < -0.39 is 10.0 Å². The van der Waals surface area contributed by atoms with E-state index in [0.717, 1.165) is 28.9 Å². The smallest absolute Gasteiger partial charge is 0.321 e. The highest BCUT2D eigenvalue weighted by atomic mass is 32.2. The predicted molar refractivity (Wildman–Crippen MR) is 110 cm³/mol. The molecule has 6 nitrogen and oxygen atoms in total. The number of carbonyl (C=O) groups is 1. The summed E-state index contributed by atoms with van der Waals surface area (Å²) < 4.78 is 28.3. The molecule has 2 aromatic carbocycles. The number of amides is 2. The predicted octanol–water partition coefficient (Wildman–Crippen LogP) is 3.31. The number of hydrogen-bond acceptors (Lipinski definition) is 3. The van der Waals surface area contributed by atoms with Crippen molar-refractivity contribution in [1.29, 1.82) is 0 Å². The van der Waals surface area contributed by atoms with Gasteiger partial charge in [0.1, 0.15) is 0 Å². The minimum Gasteiger partial charge on any atom is -0.338 e. The Labute approximate surface area is 166 Å². The third-order valence-corrected chi connectivity index (χ3v) is 7.34. The first kappa shape index (κ1) is 18.8. The molecule has 1 atom stereocenters. The van der Waals surface area contributed by atoms with Gasteiger partial charge in [-0.1, -0.05) is 25.1 Å². The van der Waals surface area contributed by atoms with E-state index in [2.05, 4.69) is 5.32 Å². The monoisotopic (exact) mass is 399 g/mol. The van der Waals surface area contributed by atoms with Gasteiger partial charge >= 0.3 is 6.03 Å². The molecule has 2 heterocycles. The normalized spacial score (nSPS) is 18.1. The van der Waals surface area contributed by atoms with E-state index in [9.17, 15) is 13.2 Å². The topological polar surface area (TPSA) is 69.7 Å². The molecule has 0 unspecified atom stereocenters. The molecule has 148 valence electrons. The highest BCUT2D eigenvalue weighted by molar-refractivity contribution is 7.92. The molecule has 2 aromatic rings. The molecule has 7 heteroatoms. The quantitative estimate of drug-likeness (QED) is 0.858. The number of fused-ring (bicyclic) bond motifs is 2. The summed E-state index contributed by atoms with van der Waals surface area (Å²) in [5, 5.41) is 2.88. The molecule has 0 aliphatic carbocycles. The van der Waals surface area contributed by atoms with Crippen LogP contribution in [0.4, 0.5) is 16.2 Å². The lowest BCUT2D eigenvalue weighted by Gasteiger charge is -2.25. The van der Waals surface area contributed by atoms with Crippen LogP contribution in [0.1, 0.15) is 31.4 Å². The van der Waals surface area contributed by atoms with Crippen molar-refractivity contribution >= 4 is 27.4 Å². The largest absolute Gasteiger partial charge is 0.338 e. The second-order valence-electron chi connectivity index (χ2n) is 7.41. The zero-order chi connectivity index (χ0) is 19.9. The lowest BCUT2D eigenvalue weighted by molar-refractivity contribution is 0.247. The Kier molecular flexibility index (Phi) is 4.79. The van der Waals surface area contributed by atoms with Gasteiger partial charge in [-0.2, -0.15) is 0 Å². The number of benzene rings is 2. The van der Waals surface area contributed by atoms with E-state index in [1.807, 2.05) is 38.1 Å². The number of urea groups is 1. The van der Waals surface area contributed by atoms with E-state index >= 15 is 0 Å². The van der Waals surface area contributed by atoms with E-state index in [1.54, 1.807) is 23.1 Å². The minimum absolute atomic E-state index is 0.119. The van der Waals surface area contributed by atoms with Gasteiger partial charge in [0.05, 0.1) is 10.6 Å². The fourth-order valence-electron chi connectivity index (χ4n) is 4.09. The Morgan fingerprint density at radius 3 is 2.71 bits per heavy atom.